The number of rotatable bonds is 7. The molecule has 0 unspecified atom stereocenters. The number of benzene rings is 2. The molecule has 7 nitrogen and oxygen atoms in total. The lowest BCUT2D eigenvalue weighted by atomic mass is 9.96. The summed E-state index contributed by atoms with van der Waals surface area (Å²) < 4.78 is 58.2. The molecule has 0 bridgehead atoms. The second kappa shape index (κ2) is 10.0. The average Bonchev–Trinajstić information content (AvgIpc) is 3.37. The maximum Gasteiger partial charge on any atom is 0.413 e. The van der Waals surface area contributed by atoms with E-state index in [4.69, 9.17) is 6.42 Å². The summed E-state index contributed by atoms with van der Waals surface area (Å²) in [5, 5.41) is 8.33. The number of aromatic nitrogens is 2. The number of fused-ring (bicyclic) bond motifs is 2. The fourth-order valence-corrected chi connectivity index (χ4v) is 5.94. The first-order valence-corrected chi connectivity index (χ1v) is 14.3. The van der Waals surface area contributed by atoms with Crippen molar-refractivity contribution in [2.24, 2.45) is 5.41 Å². The van der Waals surface area contributed by atoms with E-state index < -0.39 is 23.6 Å². The van der Waals surface area contributed by atoms with Gasteiger partial charge in [0.05, 0.1) is 38.7 Å². The van der Waals surface area contributed by atoms with Gasteiger partial charge in [0.25, 0.3) is 0 Å². The molecule has 1 atom stereocenters. The van der Waals surface area contributed by atoms with E-state index in [1.807, 2.05) is 18.2 Å². The minimum absolute atomic E-state index is 0.0117. The van der Waals surface area contributed by atoms with Gasteiger partial charge in [0.15, 0.2) is 11.4 Å². The largest absolute Gasteiger partial charge is 0.413 e. The molecule has 6 rings (SSSR count). The molecule has 1 fully saturated rings. The normalized spacial score (nSPS) is 17.1. The van der Waals surface area contributed by atoms with E-state index in [-0.39, 0.29) is 23.8 Å². The van der Waals surface area contributed by atoms with Crippen LogP contribution in [0.5, 0.6) is 0 Å². The molecule has 2 aromatic heterocycles. The molecule has 1 aliphatic carbocycles. The molecule has 3 heterocycles. The van der Waals surface area contributed by atoms with Crippen molar-refractivity contribution < 1.29 is 17.6 Å². The Balaban J connectivity index is 1.45. The maximum atomic E-state index is 15.6. The minimum Gasteiger partial charge on any atom is -0.383 e. The van der Waals surface area contributed by atoms with Crippen LogP contribution in [0.2, 0.25) is 0 Å². The summed E-state index contributed by atoms with van der Waals surface area (Å²) in [6, 6.07) is 8.00. The highest BCUT2D eigenvalue weighted by molar-refractivity contribution is 7.17. The van der Waals surface area contributed by atoms with Crippen LogP contribution in [0.15, 0.2) is 53.9 Å². The van der Waals surface area contributed by atoms with Crippen molar-refractivity contribution in [3.05, 3.63) is 70.9 Å². The summed E-state index contributed by atoms with van der Waals surface area (Å²) in [7, 11) is 0. The predicted octanol–water partition coefficient (Wildman–Crippen LogP) is 6.84. The van der Waals surface area contributed by atoms with Crippen molar-refractivity contribution in [1.82, 2.24) is 25.9 Å². The van der Waals surface area contributed by atoms with E-state index in [0.717, 1.165) is 20.8 Å². The van der Waals surface area contributed by atoms with Crippen LogP contribution in [0.4, 0.5) is 28.9 Å². The second-order valence-electron chi connectivity index (χ2n) is 11.8. The monoisotopic (exact) mass is 595 g/mol. The number of alkyl halides is 3. The number of hydrogen-bond donors (Lipinski definition) is 4. The Hall–Kier alpha value is -4.08. The number of terminal acetylenes is 1. The molecular weight excluding hydrogens is 566 g/mol. The molecule has 1 saturated carbocycles. The summed E-state index contributed by atoms with van der Waals surface area (Å²) in [6.07, 6.45) is 4.24. The van der Waals surface area contributed by atoms with Crippen molar-refractivity contribution in [2.75, 3.05) is 17.2 Å². The summed E-state index contributed by atoms with van der Waals surface area (Å²) in [4.78, 5) is 8.67. The zero-order valence-corrected chi connectivity index (χ0v) is 24.0. The van der Waals surface area contributed by atoms with Gasteiger partial charge in [-0.15, -0.1) is 23.3 Å². The van der Waals surface area contributed by atoms with Gasteiger partial charge >= 0.3 is 6.18 Å². The van der Waals surface area contributed by atoms with Crippen molar-refractivity contribution in [1.29, 1.82) is 0 Å². The highest BCUT2D eigenvalue weighted by Gasteiger charge is 2.67. The number of thiazole rings is 1. The van der Waals surface area contributed by atoms with Crippen molar-refractivity contribution >= 4 is 43.8 Å². The molecule has 2 aromatic carbocycles. The maximum absolute atomic E-state index is 15.6. The minimum atomic E-state index is -4.41. The number of hydrazine groups is 2. The average molecular weight is 596 g/mol. The third-order valence-corrected chi connectivity index (χ3v) is 8.39. The SMILES string of the molecule is C#Cc1cnc2c(F)cc(N[C@H](C3=CN(C4(C(F)(F)F)CC4)NN3)c3cccc4ncsc34)cc2c1NCC(C)(C)C. The molecule has 2 aliphatic rings. The summed E-state index contributed by atoms with van der Waals surface area (Å²) in [5.74, 6) is 2.07. The zero-order chi connectivity index (χ0) is 29.9. The summed E-state index contributed by atoms with van der Waals surface area (Å²) >= 11 is 1.42. The summed E-state index contributed by atoms with van der Waals surface area (Å²) in [5.41, 5.74) is 8.90. The van der Waals surface area contributed by atoms with Gasteiger partial charge in [0, 0.05) is 30.0 Å². The highest BCUT2D eigenvalue weighted by Crippen LogP contribution is 2.54. The Kier molecular flexibility index (Phi) is 6.70. The van der Waals surface area contributed by atoms with E-state index in [1.165, 1.54) is 29.8 Å². The molecule has 42 heavy (non-hydrogen) atoms. The van der Waals surface area contributed by atoms with Gasteiger partial charge in [0.2, 0.25) is 0 Å². The first-order chi connectivity index (χ1) is 19.9. The van der Waals surface area contributed by atoms with Crippen LogP contribution >= 0.6 is 11.3 Å². The Morgan fingerprint density at radius 1 is 1.19 bits per heavy atom. The zero-order valence-electron chi connectivity index (χ0n) is 23.2. The molecule has 4 N–H and O–H groups in total. The van der Waals surface area contributed by atoms with Gasteiger partial charge in [0.1, 0.15) is 5.52 Å². The van der Waals surface area contributed by atoms with Gasteiger partial charge in [-0.1, -0.05) is 38.8 Å². The van der Waals surface area contributed by atoms with Crippen LogP contribution in [0.1, 0.15) is 50.8 Å². The van der Waals surface area contributed by atoms with E-state index in [9.17, 15) is 13.2 Å². The smallest absolute Gasteiger partial charge is 0.383 e. The third kappa shape index (κ3) is 4.97. The van der Waals surface area contributed by atoms with Crippen LogP contribution in [-0.2, 0) is 0 Å². The fourth-order valence-electron chi connectivity index (χ4n) is 5.11. The topological polar surface area (TPSA) is 77.1 Å². The van der Waals surface area contributed by atoms with Crippen LogP contribution in [0.3, 0.4) is 0 Å². The molecule has 4 aromatic rings. The Labute approximate surface area is 244 Å². The number of halogens is 4. The lowest BCUT2D eigenvalue weighted by Crippen LogP contribution is -2.52. The van der Waals surface area contributed by atoms with E-state index in [1.54, 1.807) is 11.6 Å². The number of hydrogen-bond acceptors (Lipinski definition) is 8. The number of nitrogens with zero attached hydrogens (tertiary/aromatic N) is 3. The molecule has 218 valence electrons. The number of nitrogens with one attached hydrogen (secondary N) is 4. The molecule has 0 amide bonds. The Morgan fingerprint density at radius 3 is 2.67 bits per heavy atom. The number of pyridine rings is 1. The van der Waals surface area contributed by atoms with Crippen molar-refractivity contribution in [3.8, 4) is 12.3 Å². The second-order valence-corrected chi connectivity index (χ2v) is 12.7. The standard InChI is InChI=1S/C30H29F4N7S/c1-5-17-13-35-25-20(24(17)36-15-28(2,3)4)11-18(12-21(25)31)38-26(19-7-6-8-22-27(19)42-16-37-22)23-14-41(40-39-23)29(9-10-29)30(32,33)34/h1,6-8,11-14,16,26,38-40H,9-10,15H2,2-4H3,(H,35,36)/t26-/m0/s1. The molecule has 0 radical (unpaired) electrons. The van der Waals surface area contributed by atoms with E-state index in [0.29, 0.717) is 34.6 Å². The third-order valence-electron chi connectivity index (χ3n) is 7.50. The predicted molar refractivity (Wildman–Crippen MR) is 158 cm³/mol. The molecule has 12 heteroatoms. The number of anilines is 2. The Morgan fingerprint density at radius 2 is 1.98 bits per heavy atom. The van der Waals surface area contributed by atoms with Crippen molar-refractivity contribution in [3.63, 3.8) is 0 Å². The van der Waals surface area contributed by atoms with Gasteiger partial charge in [-0.25, -0.2) is 9.37 Å². The van der Waals surface area contributed by atoms with Gasteiger partial charge < -0.3 is 16.1 Å². The molecule has 0 saturated heterocycles. The van der Waals surface area contributed by atoms with Crippen LogP contribution in [0, 0.1) is 23.6 Å². The van der Waals surface area contributed by atoms with Gasteiger partial charge in [-0.3, -0.25) is 9.99 Å². The molecular formula is C30H29F4N7S. The first-order valence-electron chi connectivity index (χ1n) is 13.4. The lowest BCUT2D eigenvalue weighted by Gasteiger charge is -2.28. The quantitative estimate of drug-likeness (QED) is 0.138. The lowest BCUT2D eigenvalue weighted by molar-refractivity contribution is -0.195. The van der Waals surface area contributed by atoms with Crippen LogP contribution in [-0.4, -0.2) is 33.2 Å². The molecule has 0 spiro atoms. The van der Waals surface area contributed by atoms with Crippen LogP contribution in [0.25, 0.3) is 21.1 Å². The van der Waals surface area contributed by atoms with E-state index >= 15 is 4.39 Å². The molecule has 1 aliphatic heterocycles. The highest BCUT2D eigenvalue weighted by atomic mass is 32.1. The van der Waals surface area contributed by atoms with E-state index in [2.05, 4.69) is 58.3 Å². The summed E-state index contributed by atoms with van der Waals surface area (Å²) in [6.45, 7) is 6.79. The fraction of sp³-hybridized carbons (Fsp3) is 0.333. The van der Waals surface area contributed by atoms with Gasteiger partial charge in [-0.2, -0.15) is 13.2 Å². The van der Waals surface area contributed by atoms with Gasteiger partial charge in [-0.05, 0) is 42.0 Å². The first kappa shape index (κ1) is 28.1. The van der Waals surface area contributed by atoms with Crippen molar-refractivity contribution in [2.45, 2.75) is 51.4 Å². The van der Waals surface area contributed by atoms with Crippen LogP contribution < -0.4 is 21.6 Å². The Bertz CT molecular complexity index is 1740.